The van der Waals surface area contributed by atoms with Crippen LogP contribution >= 0.6 is 23.5 Å². The van der Waals surface area contributed by atoms with Gasteiger partial charge in [0.05, 0.1) is 0 Å². The molecule has 2 atom stereocenters. The van der Waals surface area contributed by atoms with Crippen LogP contribution in [-0.2, 0) is 22.3 Å². The predicted octanol–water partition coefficient (Wildman–Crippen LogP) is 13.0. The highest BCUT2D eigenvalue weighted by molar-refractivity contribution is 8.03. The Kier molecular flexibility index (Phi) is 12.5. The lowest BCUT2D eigenvalue weighted by Gasteiger charge is -2.31. The van der Waals surface area contributed by atoms with Gasteiger partial charge in [-0.1, -0.05) is 130 Å². The van der Waals surface area contributed by atoms with Gasteiger partial charge in [0.25, 0.3) is 0 Å². The van der Waals surface area contributed by atoms with E-state index in [4.69, 9.17) is 0 Å². The van der Waals surface area contributed by atoms with Crippen molar-refractivity contribution in [3.05, 3.63) is 57.6 Å². The van der Waals surface area contributed by atoms with Gasteiger partial charge in [-0.2, -0.15) is 23.5 Å². The minimum atomic E-state index is 0.0647. The molecule has 256 valence electrons. The average Bonchev–Trinajstić information content (AvgIpc) is 3.01. The first kappa shape index (κ1) is 36.0. The van der Waals surface area contributed by atoms with Crippen molar-refractivity contribution in [1.82, 2.24) is 0 Å². The number of hydrogen-bond donors (Lipinski definition) is 2. The van der Waals surface area contributed by atoms with E-state index >= 15 is 0 Å². The number of phenolic OH excluding ortho intramolecular Hbond substituents is 2. The normalized spacial score (nSPS) is 22.8. The fourth-order valence-corrected chi connectivity index (χ4v) is 11.2. The molecule has 0 heterocycles. The molecule has 2 nitrogen and oxygen atoms in total. The van der Waals surface area contributed by atoms with E-state index in [1.165, 1.54) is 125 Å². The van der Waals surface area contributed by atoms with Crippen LogP contribution in [0.15, 0.2) is 24.3 Å². The number of thioether (sulfide) groups is 2. The number of phenols is 2. The monoisotopic (exact) mass is 664 g/mol. The fourth-order valence-electron chi connectivity index (χ4n) is 8.17. The molecule has 3 aliphatic rings. The van der Waals surface area contributed by atoms with Crippen LogP contribution in [0.3, 0.4) is 0 Å². The summed E-state index contributed by atoms with van der Waals surface area (Å²) < 4.78 is 0. The first-order chi connectivity index (χ1) is 21.9. The van der Waals surface area contributed by atoms with E-state index in [0.717, 1.165) is 22.6 Å². The third-order valence-corrected chi connectivity index (χ3v) is 14.4. The van der Waals surface area contributed by atoms with Gasteiger partial charge in [-0.3, -0.25) is 0 Å². The maximum absolute atomic E-state index is 11.7. The predicted molar refractivity (Wildman–Crippen MR) is 203 cm³/mol. The Labute approximate surface area is 290 Å². The molecule has 0 bridgehead atoms. The number of rotatable bonds is 8. The molecule has 0 amide bonds. The van der Waals surface area contributed by atoms with Crippen LogP contribution in [0, 0.1) is 0 Å². The summed E-state index contributed by atoms with van der Waals surface area (Å²) in [7, 11) is 0. The maximum Gasteiger partial charge on any atom is 0.123 e. The summed E-state index contributed by atoms with van der Waals surface area (Å²) in [5, 5.41) is 24.5. The van der Waals surface area contributed by atoms with E-state index in [1.807, 2.05) is 0 Å². The lowest BCUT2D eigenvalue weighted by atomic mass is 9.79. The Morgan fingerprint density at radius 3 is 1.17 bits per heavy atom. The minimum Gasteiger partial charge on any atom is -0.507 e. The second-order valence-corrected chi connectivity index (χ2v) is 19.5. The highest BCUT2D eigenvalue weighted by atomic mass is 32.2. The van der Waals surface area contributed by atoms with E-state index in [0.29, 0.717) is 33.8 Å². The van der Waals surface area contributed by atoms with Crippen molar-refractivity contribution >= 4 is 23.5 Å². The summed E-state index contributed by atoms with van der Waals surface area (Å²) in [5.41, 5.74) is 7.60. The zero-order chi connectivity index (χ0) is 32.9. The molecule has 2 aromatic rings. The van der Waals surface area contributed by atoms with Crippen LogP contribution in [0.2, 0.25) is 0 Å². The van der Waals surface area contributed by atoms with Gasteiger partial charge in [0.1, 0.15) is 11.5 Å². The standard InChI is InChI=1S/C42H64O2S2/c1-41(2,3)33-23-31(39(43)35(25-33)29-17-11-9-12-18-29)27-45-37-21-15-7-8-16-22-38(37)46-28-32-24-34(42(4,5)6)26-36(40(32)44)30-19-13-10-14-20-30/h23-26,29-30,37-38,43-44H,7-22,27-28H2,1-6H3. The second-order valence-electron chi connectivity index (χ2n) is 17.0. The van der Waals surface area contributed by atoms with Gasteiger partial charge in [0.15, 0.2) is 0 Å². The summed E-state index contributed by atoms with van der Waals surface area (Å²) in [6.07, 6.45) is 20.4. The van der Waals surface area contributed by atoms with Crippen molar-refractivity contribution in [3.63, 3.8) is 0 Å². The summed E-state index contributed by atoms with van der Waals surface area (Å²) in [6, 6.07) is 9.33. The number of aromatic hydroxyl groups is 2. The third kappa shape index (κ3) is 9.25. The molecule has 0 spiro atoms. The van der Waals surface area contributed by atoms with Crippen molar-refractivity contribution in [2.45, 2.75) is 189 Å². The smallest absolute Gasteiger partial charge is 0.123 e. The zero-order valence-corrected chi connectivity index (χ0v) is 31.7. The second kappa shape index (κ2) is 16.0. The molecule has 5 rings (SSSR count). The van der Waals surface area contributed by atoms with Crippen LogP contribution in [0.25, 0.3) is 0 Å². The first-order valence-corrected chi connectivity index (χ1v) is 21.0. The van der Waals surface area contributed by atoms with Crippen molar-refractivity contribution < 1.29 is 10.2 Å². The molecule has 0 aliphatic heterocycles. The van der Waals surface area contributed by atoms with E-state index in [9.17, 15) is 10.2 Å². The zero-order valence-electron chi connectivity index (χ0n) is 30.1. The van der Waals surface area contributed by atoms with E-state index < -0.39 is 0 Å². The molecular formula is C42H64O2S2. The lowest BCUT2D eigenvalue weighted by Crippen LogP contribution is -2.23. The van der Waals surface area contributed by atoms with Gasteiger partial charge < -0.3 is 10.2 Å². The molecule has 0 radical (unpaired) electrons. The van der Waals surface area contributed by atoms with Gasteiger partial charge in [0.2, 0.25) is 0 Å². The Hall–Kier alpha value is -1.26. The molecule has 3 saturated carbocycles. The quantitative estimate of drug-likeness (QED) is 0.295. The first-order valence-electron chi connectivity index (χ1n) is 18.9. The van der Waals surface area contributed by atoms with Crippen LogP contribution in [0.4, 0.5) is 0 Å². The molecule has 0 saturated heterocycles. The number of benzene rings is 2. The van der Waals surface area contributed by atoms with Crippen LogP contribution in [0.5, 0.6) is 11.5 Å². The van der Waals surface area contributed by atoms with Crippen molar-refractivity contribution in [1.29, 1.82) is 0 Å². The van der Waals surface area contributed by atoms with Crippen LogP contribution < -0.4 is 0 Å². The highest BCUT2D eigenvalue weighted by Crippen LogP contribution is 2.46. The summed E-state index contributed by atoms with van der Waals surface area (Å²) >= 11 is 4.20. The van der Waals surface area contributed by atoms with Gasteiger partial charge in [0, 0.05) is 33.1 Å². The van der Waals surface area contributed by atoms with Gasteiger partial charge >= 0.3 is 0 Å². The molecule has 46 heavy (non-hydrogen) atoms. The topological polar surface area (TPSA) is 40.5 Å². The Bertz CT molecular complexity index is 1170. The molecule has 2 unspecified atom stereocenters. The van der Waals surface area contributed by atoms with Crippen molar-refractivity contribution in [2.24, 2.45) is 0 Å². The molecule has 3 aliphatic carbocycles. The van der Waals surface area contributed by atoms with Gasteiger partial charge in [-0.15, -0.1) is 0 Å². The fraction of sp³-hybridized carbons (Fsp3) is 0.714. The average molecular weight is 665 g/mol. The Morgan fingerprint density at radius 2 is 0.826 bits per heavy atom. The molecule has 2 N–H and O–H groups in total. The van der Waals surface area contributed by atoms with Crippen molar-refractivity contribution in [2.75, 3.05) is 0 Å². The molecule has 0 aromatic heterocycles. The van der Waals surface area contributed by atoms with E-state index in [1.54, 1.807) is 0 Å². The van der Waals surface area contributed by atoms with Crippen LogP contribution in [0.1, 0.15) is 189 Å². The molecule has 3 fully saturated rings. The Morgan fingerprint density at radius 1 is 0.500 bits per heavy atom. The lowest BCUT2D eigenvalue weighted by molar-refractivity contribution is 0.410. The molecule has 2 aromatic carbocycles. The Balaban J connectivity index is 1.36. The van der Waals surface area contributed by atoms with Crippen molar-refractivity contribution in [3.8, 4) is 11.5 Å². The van der Waals surface area contributed by atoms with Gasteiger partial charge in [-0.25, -0.2) is 0 Å². The van der Waals surface area contributed by atoms with E-state index in [-0.39, 0.29) is 10.8 Å². The largest absolute Gasteiger partial charge is 0.507 e. The summed E-state index contributed by atoms with van der Waals surface area (Å²) in [5.74, 6) is 3.93. The van der Waals surface area contributed by atoms with Gasteiger partial charge in [-0.05, 0) is 83.4 Å². The minimum absolute atomic E-state index is 0.0647. The SMILES string of the molecule is CC(C)(C)c1cc(CSC2CCCCCCC2SCc2cc(C(C)(C)C)cc(C3CCCCC3)c2O)c(O)c(C2CCCCC2)c1. The third-order valence-electron chi connectivity index (χ3n) is 11.3. The molecule has 4 heteroatoms. The highest BCUT2D eigenvalue weighted by Gasteiger charge is 2.29. The number of hydrogen-bond acceptors (Lipinski definition) is 4. The maximum atomic E-state index is 11.7. The summed E-state index contributed by atoms with van der Waals surface area (Å²) in [6.45, 7) is 13.9. The van der Waals surface area contributed by atoms with Crippen LogP contribution in [-0.4, -0.2) is 20.7 Å². The molecular weight excluding hydrogens is 601 g/mol. The van der Waals surface area contributed by atoms with E-state index in [2.05, 4.69) is 89.3 Å². The summed E-state index contributed by atoms with van der Waals surface area (Å²) in [4.78, 5) is 0.